The van der Waals surface area contributed by atoms with Crippen LogP contribution in [0.5, 0.6) is 0 Å². The lowest BCUT2D eigenvalue weighted by Gasteiger charge is -2.14. The van der Waals surface area contributed by atoms with Gasteiger partial charge in [0.15, 0.2) is 0 Å². The normalized spacial score (nSPS) is 12.9. The number of hydrogen-bond acceptors (Lipinski definition) is 4. The maximum absolute atomic E-state index is 11.4. The van der Waals surface area contributed by atoms with Crippen molar-refractivity contribution in [1.82, 2.24) is 0 Å². The van der Waals surface area contributed by atoms with E-state index in [1.165, 1.54) is 6.08 Å². The van der Waals surface area contributed by atoms with Crippen molar-refractivity contribution >= 4 is 21.9 Å². The molecule has 20 heavy (non-hydrogen) atoms. The van der Waals surface area contributed by atoms with Crippen LogP contribution in [0.15, 0.2) is 40.6 Å². The van der Waals surface area contributed by atoms with Crippen molar-refractivity contribution in [3.05, 3.63) is 46.1 Å². The molecule has 0 spiro atoms. The van der Waals surface area contributed by atoms with Crippen molar-refractivity contribution in [2.45, 2.75) is 26.4 Å². The zero-order valence-electron chi connectivity index (χ0n) is 11.6. The lowest BCUT2D eigenvalue weighted by molar-refractivity contribution is -0.137. The molecule has 0 heterocycles. The Kier molecular flexibility index (Phi) is 7.33. The van der Waals surface area contributed by atoms with E-state index in [2.05, 4.69) is 15.9 Å². The molecule has 0 saturated carbocycles. The molecular formula is C15H19BrO4. The van der Waals surface area contributed by atoms with E-state index in [1.54, 1.807) is 6.92 Å². The molecule has 0 saturated heterocycles. The van der Waals surface area contributed by atoms with Gasteiger partial charge in [-0.05, 0) is 31.5 Å². The Balaban J connectivity index is 2.74. The number of ether oxygens (including phenoxy) is 2. The molecule has 110 valence electrons. The topological polar surface area (TPSA) is 55.8 Å². The summed E-state index contributed by atoms with van der Waals surface area (Å²) in [5.41, 5.74) is 0.766. The highest BCUT2D eigenvalue weighted by atomic mass is 79.9. The predicted octanol–water partition coefficient (Wildman–Crippen LogP) is 3.36. The molecule has 0 aliphatic carbocycles. The van der Waals surface area contributed by atoms with Gasteiger partial charge in [-0.3, -0.25) is 0 Å². The van der Waals surface area contributed by atoms with Crippen LogP contribution in [0, 0.1) is 0 Å². The number of aliphatic hydroxyl groups is 1. The Bertz CT molecular complexity index is 453. The lowest BCUT2D eigenvalue weighted by atomic mass is 10.1. The van der Waals surface area contributed by atoms with Crippen molar-refractivity contribution in [2.75, 3.05) is 13.2 Å². The van der Waals surface area contributed by atoms with Crippen molar-refractivity contribution in [3.8, 4) is 0 Å². The van der Waals surface area contributed by atoms with Gasteiger partial charge < -0.3 is 14.6 Å². The molecule has 0 aliphatic rings. The van der Waals surface area contributed by atoms with Gasteiger partial charge >= 0.3 is 5.97 Å². The van der Waals surface area contributed by atoms with Crippen molar-refractivity contribution in [3.63, 3.8) is 0 Å². The average Bonchev–Trinajstić information content (AvgIpc) is 2.39. The maximum atomic E-state index is 11.4. The monoisotopic (exact) mass is 342 g/mol. The summed E-state index contributed by atoms with van der Waals surface area (Å²) in [7, 11) is 0. The molecule has 0 bridgehead atoms. The Morgan fingerprint density at radius 2 is 1.85 bits per heavy atom. The Labute approximate surface area is 127 Å². The predicted molar refractivity (Wildman–Crippen MR) is 80.1 cm³/mol. The molecule has 0 amide bonds. The molecule has 1 atom stereocenters. The van der Waals surface area contributed by atoms with E-state index in [0.29, 0.717) is 19.0 Å². The van der Waals surface area contributed by atoms with E-state index in [9.17, 15) is 9.90 Å². The first kappa shape index (κ1) is 16.7. The van der Waals surface area contributed by atoms with Crippen LogP contribution in [0.1, 0.15) is 31.9 Å². The number of hydrogen-bond donors (Lipinski definition) is 1. The summed E-state index contributed by atoms with van der Waals surface area (Å²) in [5.74, 6) is -0.0414. The van der Waals surface area contributed by atoms with Gasteiger partial charge in [0, 0.05) is 10.9 Å². The fourth-order valence-electron chi connectivity index (χ4n) is 1.65. The molecule has 1 aromatic carbocycles. The van der Waals surface area contributed by atoms with Crippen molar-refractivity contribution < 1.29 is 19.4 Å². The lowest BCUT2D eigenvalue weighted by Crippen LogP contribution is -2.06. The molecule has 1 aromatic rings. The molecule has 0 radical (unpaired) electrons. The van der Waals surface area contributed by atoms with E-state index in [-0.39, 0.29) is 6.42 Å². The largest absolute Gasteiger partial charge is 0.498 e. The summed E-state index contributed by atoms with van der Waals surface area (Å²) < 4.78 is 11.1. The van der Waals surface area contributed by atoms with Crippen LogP contribution >= 0.6 is 15.9 Å². The van der Waals surface area contributed by atoms with Crippen LogP contribution in [0.3, 0.4) is 0 Å². The third-order valence-corrected chi connectivity index (χ3v) is 3.07. The molecule has 1 rings (SSSR count). The Morgan fingerprint density at radius 3 is 2.40 bits per heavy atom. The molecule has 4 nitrogen and oxygen atoms in total. The fourth-order valence-corrected chi connectivity index (χ4v) is 1.92. The average molecular weight is 343 g/mol. The number of halogens is 1. The summed E-state index contributed by atoms with van der Waals surface area (Å²) in [5, 5.41) is 10.2. The van der Waals surface area contributed by atoms with Crippen LogP contribution in [-0.4, -0.2) is 24.3 Å². The molecule has 0 aromatic heterocycles. The fraction of sp³-hybridized carbons (Fsp3) is 0.400. The highest BCUT2D eigenvalue weighted by Crippen LogP contribution is 2.23. The summed E-state index contributed by atoms with van der Waals surface area (Å²) >= 11 is 3.34. The van der Waals surface area contributed by atoms with Crippen LogP contribution in [-0.2, 0) is 14.3 Å². The summed E-state index contributed by atoms with van der Waals surface area (Å²) in [4.78, 5) is 11.4. The maximum Gasteiger partial charge on any atom is 0.334 e. The highest BCUT2D eigenvalue weighted by molar-refractivity contribution is 9.10. The van der Waals surface area contributed by atoms with E-state index >= 15 is 0 Å². The number of rotatable bonds is 7. The highest BCUT2D eigenvalue weighted by Gasteiger charge is 2.13. The van der Waals surface area contributed by atoms with Gasteiger partial charge in [-0.1, -0.05) is 28.1 Å². The molecule has 5 heteroatoms. The second-order valence-corrected chi connectivity index (χ2v) is 4.98. The van der Waals surface area contributed by atoms with Crippen molar-refractivity contribution in [2.24, 2.45) is 0 Å². The Morgan fingerprint density at radius 1 is 1.25 bits per heavy atom. The zero-order valence-corrected chi connectivity index (χ0v) is 13.2. The Hall–Kier alpha value is -1.33. The van der Waals surface area contributed by atoms with E-state index in [4.69, 9.17) is 9.47 Å². The number of aliphatic hydroxyl groups excluding tert-OH is 1. The van der Waals surface area contributed by atoms with Crippen LogP contribution in [0.2, 0.25) is 0 Å². The minimum absolute atomic E-state index is 0.230. The quantitative estimate of drug-likeness (QED) is 0.469. The van der Waals surface area contributed by atoms with E-state index < -0.39 is 12.1 Å². The van der Waals surface area contributed by atoms with Crippen LogP contribution in [0.4, 0.5) is 0 Å². The number of carbonyl (C=O) groups is 1. The number of carbonyl (C=O) groups excluding carboxylic acids is 1. The van der Waals surface area contributed by atoms with E-state index in [1.807, 2.05) is 31.2 Å². The first-order chi connectivity index (χ1) is 9.56. The summed E-state index contributed by atoms with van der Waals surface area (Å²) in [6.07, 6.45) is 0.791. The van der Waals surface area contributed by atoms with Gasteiger partial charge in [-0.15, -0.1) is 0 Å². The van der Waals surface area contributed by atoms with Gasteiger partial charge in [0.2, 0.25) is 0 Å². The molecule has 0 unspecified atom stereocenters. The second-order valence-electron chi connectivity index (χ2n) is 4.07. The third kappa shape index (κ3) is 5.75. The molecular weight excluding hydrogens is 324 g/mol. The van der Waals surface area contributed by atoms with Gasteiger partial charge in [0.25, 0.3) is 0 Å². The molecule has 0 fully saturated rings. The third-order valence-electron chi connectivity index (χ3n) is 2.54. The SMILES string of the molecule is CCOC(=O)/C=C(/C[C@@H](O)c1ccc(Br)cc1)OCC. The molecule has 0 aliphatic heterocycles. The van der Waals surface area contributed by atoms with E-state index in [0.717, 1.165) is 10.0 Å². The van der Waals surface area contributed by atoms with Gasteiger partial charge in [-0.25, -0.2) is 4.79 Å². The van der Waals surface area contributed by atoms with Crippen LogP contribution in [0.25, 0.3) is 0 Å². The smallest absolute Gasteiger partial charge is 0.334 e. The van der Waals surface area contributed by atoms with Crippen LogP contribution < -0.4 is 0 Å². The molecule has 1 N–H and O–H groups in total. The first-order valence-corrected chi connectivity index (χ1v) is 7.29. The minimum Gasteiger partial charge on any atom is -0.498 e. The van der Waals surface area contributed by atoms with Gasteiger partial charge in [-0.2, -0.15) is 0 Å². The number of esters is 1. The zero-order chi connectivity index (χ0) is 15.0. The standard InChI is InChI=1S/C15H19BrO4/c1-3-19-13(10-15(18)20-4-2)9-14(17)11-5-7-12(16)8-6-11/h5-8,10,14,17H,3-4,9H2,1-2H3/b13-10-/t14-/m1/s1. The van der Waals surface area contributed by atoms with Gasteiger partial charge in [0.1, 0.15) is 5.76 Å². The first-order valence-electron chi connectivity index (χ1n) is 6.50. The van der Waals surface area contributed by atoms with Crippen molar-refractivity contribution in [1.29, 1.82) is 0 Å². The second kappa shape index (κ2) is 8.76. The minimum atomic E-state index is -0.727. The number of benzene rings is 1. The summed E-state index contributed by atoms with van der Waals surface area (Å²) in [6, 6.07) is 7.35. The van der Waals surface area contributed by atoms with Gasteiger partial charge in [0.05, 0.1) is 25.4 Å². The summed E-state index contributed by atoms with van der Waals surface area (Å²) in [6.45, 7) is 4.30.